The number of carbonyl (C=O) groups is 1. The van der Waals surface area contributed by atoms with Crippen LogP contribution in [0.5, 0.6) is 5.75 Å². The number of methoxy groups -OCH3 is 1. The zero-order chi connectivity index (χ0) is 12.3. The van der Waals surface area contributed by atoms with Crippen molar-refractivity contribution in [2.24, 2.45) is 5.92 Å². The Balaban J connectivity index is 2.06. The number of carbonyl (C=O) groups excluding carboxylic acids is 1. The minimum atomic E-state index is 0.0503. The molecule has 2 rings (SSSR count). The molecule has 1 aliphatic rings. The van der Waals surface area contributed by atoms with Crippen molar-refractivity contribution in [1.82, 2.24) is 4.90 Å². The molecule has 3 nitrogen and oxygen atoms in total. The van der Waals surface area contributed by atoms with Crippen molar-refractivity contribution in [2.45, 2.75) is 19.3 Å². The van der Waals surface area contributed by atoms with Crippen LogP contribution in [0.1, 0.15) is 29.6 Å². The third-order valence-corrected chi connectivity index (χ3v) is 3.44. The fourth-order valence-electron chi connectivity index (χ4n) is 2.17. The Morgan fingerprint density at radius 2 is 2.12 bits per heavy atom. The average Bonchev–Trinajstić information content (AvgIpc) is 2.32. The molecular formula is C14H19NO2. The topological polar surface area (TPSA) is 29.5 Å². The molecule has 0 N–H and O–H groups in total. The van der Waals surface area contributed by atoms with Crippen molar-refractivity contribution >= 4 is 5.91 Å². The molecule has 1 saturated carbocycles. The van der Waals surface area contributed by atoms with Crippen LogP contribution in [-0.4, -0.2) is 31.5 Å². The lowest BCUT2D eigenvalue weighted by Gasteiger charge is -2.30. The Bertz CT molecular complexity index is 399. The van der Waals surface area contributed by atoms with Gasteiger partial charge in [0.05, 0.1) is 12.7 Å². The summed E-state index contributed by atoms with van der Waals surface area (Å²) in [6, 6.07) is 7.39. The van der Waals surface area contributed by atoms with Gasteiger partial charge in [-0.2, -0.15) is 0 Å². The molecule has 1 amide bonds. The number of hydrogen-bond donors (Lipinski definition) is 0. The van der Waals surface area contributed by atoms with E-state index >= 15 is 0 Å². The van der Waals surface area contributed by atoms with Crippen molar-refractivity contribution in [3.63, 3.8) is 0 Å². The quantitative estimate of drug-likeness (QED) is 0.800. The highest BCUT2D eigenvalue weighted by Gasteiger charge is 2.23. The van der Waals surface area contributed by atoms with Crippen LogP contribution >= 0.6 is 0 Å². The second-order valence-electron chi connectivity index (χ2n) is 4.68. The summed E-state index contributed by atoms with van der Waals surface area (Å²) in [5.74, 6) is 1.39. The molecule has 1 fully saturated rings. The van der Waals surface area contributed by atoms with E-state index in [1.165, 1.54) is 19.3 Å². The summed E-state index contributed by atoms with van der Waals surface area (Å²) in [5.41, 5.74) is 0.650. The largest absolute Gasteiger partial charge is 0.496 e. The lowest BCUT2D eigenvalue weighted by molar-refractivity contribution is 0.0742. The monoisotopic (exact) mass is 233 g/mol. The lowest BCUT2D eigenvalue weighted by atomic mass is 9.85. The van der Waals surface area contributed by atoms with Crippen molar-refractivity contribution in [3.8, 4) is 5.75 Å². The fraction of sp³-hybridized carbons (Fsp3) is 0.500. The second kappa shape index (κ2) is 5.21. The Morgan fingerprint density at radius 3 is 2.71 bits per heavy atom. The molecule has 0 radical (unpaired) electrons. The van der Waals surface area contributed by atoms with Gasteiger partial charge in [-0.25, -0.2) is 0 Å². The van der Waals surface area contributed by atoms with Crippen LogP contribution in [0.4, 0.5) is 0 Å². The summed E-state index contributed by atoms with van der Waals surface area (Å²) >= 11 is 0. The normalized spacial score (nSPS) is 15.2. The summed E-state index contributed by atoms with van der Waals surface area (Å²) < 4.78 is 5.21. The van der Waals surface area contributed by atoms with E-state index in [2.05, 4.69) is 0 Å². The summed E-state index contributed by atoms with van der Waals surface area (Å²) in [6.07, 6.45) is 3.81. The van der Waals surface area contributed by atoms with Crippen LogP contribution < -0.4 is 4.74 Å². The third kappa shape index (κ3) is 2.60. The van der Waals surface area contributed by atoms with Gasteiger partial charge >= 0.3 is 0 Å². The number of para-hydroxylation sites is 1. The van der Waals surface area contributed by atoms with Gasteiger partial charge in [-0.05, 0) is 30.9 Å². The Morgan fingerprint density at radius 1 is 1.41 bits per heavy atom. The van der Waals surface area contributed by atoms with Crippen LogP contribution in [0, 0.1) is 5.92 Å². The minimum absolute atomic E-state index is 0.0503. The highest BCUT2D eigenvalue weighted by Crippen LogP contribution is 2.27. The number of rotatable bonds is 4. The SMILES string of the molecule is COc1ccccc1C(=O)N(C)CC1CCC1. The molecule has 0 unspecified atom stereocenters. The molecule has 0 aliphatic heterocycles. The van der Waals surface area contributed by atoms with E-state index in [4.69, 9.17) is 4.74 Å². The fourth-order valence-corrected chi connectivity index (χ4v) is 2.17. The molecule has 17 heavy (non-hydrogen) atoms. The van der Waals surface area contributed by atoms with Crippen molar-refractivity contribution in [2.75, 3.05) is 20.7 Å². The minimum Gasteiger partial charge on any atom is -0.496 e. The first-order valence-corrected chi connectivity index (χ1v) is 6.11. The van der Waals surface area contributed by atoms with Crippen molar-refractivity contribution in [1.29, 1.82) is 0 Å². The van der Waals surface area contributed by atoms with E-state index in [-0.39, 0.29) is 5.91 Å². The van der Waals surface area contributed by atoms with Gasteiger partial charge in [-0.1, -0.05) is 18.6 Å². The number of ether oxygens (including phenoxy) is 1. The highest BCUT2D eigenvalue weighted by molar-refractivity contribution is 5.96. The van der Waals surface area contributed by atoms with Gasteiger partial charge in [0.2, 0.25) is 0 Å². The maximum Gasteiger partial charge on any atom is 0.257 e. The first kappa shape index (κ1) is 12.0. The first-order chi connectivity index (χ1) is 8.22. The number of nitrogens with zero attached hydrogens (tertiary/aromatic N) is 1. The van der Waals surface area contributed by atoms with Crippen LogP contribution in [0.15, 0.2) is 24.3 Å². The molecule has 0 aromatic heterocycles. The summed E-state index contributed by atoms with van der Waals surface area (Å²) in [7, 11) is 3.46. The van der Waals surface area contributed by atoms with E-state index < -0.39 is 0 Å². The van der Waals surface area contributed by atoms with Gasteiger partial charge in [0, 0.05) is 13.6 Å². The van der Waals surface area contributed by atoms with Crippen molar-refractivity contribution < 1.29 is 9.53 Å². The van der Waals surface area contributed by atoms with Gasteiger partial charge in [0.25, 0.3) is 5.91 Å². The van der Waals surface area contributed by atoms with E-state index in [0.717, 1.165) is 6.54 Å². The molecule has 3 heteroatoms. The van der Waals surface area contributed by atoms with Gasteiger partial charge in [-0.3, -0.25) is 4.79 Å². The average molecular weight is 233 g/mol. The van der Waals surface area contributed by atoms with Gasteiger partial charge in [0.15, 0.2) is 0 Å². The van der Waals surface area contributed by atoms with E-state index in [1.807, 2.05) is 36.2 Å². The number of hydrogen-bond acceptors (Lipinski definition) is 2. The van der Waals surface area contributed by atoms with Crippen LogP contribution in [0.3, 0.4) is 0 Å². The van der Waals surface area contributed by atoms with Crippen LogP contribution in [0.2, 0.25) is 0 Å². The van der Waals surface area contributed by atoms with Gasteiger partial charge in [-0.15, -0.1) is 0 Å². The summed E-state index contributed by atoms with van der Waals surface area (Å²) in [6.45, 7) is 0.858. The number of benzene rings is 1. The second-order valence-corrected chi connectivity index (χ2v) is 4.68. The highest BCUT2D eigenvalue weighted by atomic mass is 16.5. The molecule has 1 aromatic rings. The predicted molar refractivity (Wildman–Crippen MR) is 67.3 cm³/mol. The molecule has 0 atom stereocenters. The molecule has 1 aliphatic carbocycles. The van der Waals surface area contributed by atoms with Crippen LogP contribution in [0.25, 0.3) is 0 Å². The zero-order valence-corrected chi connectivity index (χ0v) is 10.5. The molecule has 92 valence electrons. The molecule has 1 aromatic carbocycles. The van der Waals surface area contributed by atoms with E-state index in [1.54, 1.807) is 7.11 Å². The van der Waals surface area contributed by atoms with E-state index in [0.29, 0.717) is 17.2 Å². The summed E-state index contributed by atoms with van der Waals surface area (Å²) in [4.78, 5) is 14.1. The summed E-state index contributed by atoms with van der Waals surface area (Å²) in [5, 5.41) is 0. The molecule has 0 spiro atoms. The predicted octanol–water partition coefficient (Wildman–Crippen LogP) is 2.57. The first-order valence-electron chi connectivity index (χ1n) is 6.11. The zero-order valence-electron chi connectivity index (χ0n) is 10.5. The number of amides is 1. The van der Waals surface area contributed by atoms with Gasteiger partial charge in [0.1, 0.15) is 5.75 Å². The third-order valence-electron chi connectivity index (χ3n) is 3.44. The van der Waals surface area contributed by atoms with Crippen molar-refractivity contribution in [3.05, 3.63) is 29.8 Å². The smallest absolute Gasteiger partial charge is 0.257 e. The maximum absolute atomic E-state index is 12.2. The Labute approximate surface area is 102 Å². The standard InChI is InChI=1S/C14H19NO2/c1-15(10-11-6-5-7-11)14(16)12-8-3-4-9-13(12)17-2/h3-4,8-9,11H,5-7,10H2,1-2H3. The molecule has 0 bridgehead atoms. The molecule has 0 saturated heterocycles. The molecule has 0 heterocycles. The van der Waals surface area contributed by atoms with E-state index in [9.17, 15) is 4.79 Å². The van der Waals surface area contributed by atoms with Crippen LogP contribution in [-0.2, 0) is 0 Å². The Kier molecular flexibility index (Phi) is 3.67. The Hall–Kier alpha value is -1.51. The molecular weight excluding hydrogens is 214 g/mol. The lowest BCUT2D eigenvalue weighted by Crippen LogP contribution is -2.34. The van der Waals surface area contributed by atoms with Gasteiger partial charge < -0.3 is 9.64 Å². The maximum atomic E-state index is 12.2.